The maximum atomic E-state index is 12.5. The van der Waals surface area contributed by atoms with Gasteiger partial charge in [-0.25, -0.2) is 8.42 Å². The molecule has 2 aromatic carbocycles. The Morgan fingerprint density at radius 1 is 1.10 bits per heavy atom. The van der Waals surface area contributed by atoms with Crippen LogP contribution >= 0.6 is 23.2 Å². The van der Waals surface area contributed by atoms with Gasteiger partial charge in [0.15, 0.2) is 0 Å². The summed E-state index contributed by atoms with van der Waals surface area (Å²) in [5, 5.41) is 9.65. The molecule has 0 fully saturated rings. The Hall–Kier alpha value is -1.27. The van der Waals surface area contributed by atoms with Gasteiger partial charge in [-0.15, -0.1) is 0 Å². The summed E-state index contributed by atoms with van der Waals surface area (Å²) in [5.41, 5.74) is 1.16. The van der Waals surface area contributed by atoms with Crippen LogP contribution in [0, 0.1) is 6.92 Å². The van der Waals surface area contributed by atoms with E-state index in [-0.39, 0.29) is 27.2 Å². The molecule has 0 aliphatic heterocycles. The molecule has 4 nitrogen and oxygen atoms in total. The fourth-order valence-corrected chi connectivity index (χ4v) is 3.90. The summed E-state index contributed by atoms with van der Waals surface area (Å²) < 4.78 is 27.4. The molecule has 112 valence electrons. The number of sulfonamides is 1. The van der Waals surface area contributed by atoms with Gasteiger partial charge in [-0.3, -0.25) is 4.72 Å². The molecule has 0 aliphatic rings. The van der Waals surface area contributed by atoms with Crippen LogP contribution in [0.25, 0.3) is 0 Å². The number of nitrogens with one attached hydrogen (secondary N) is 1. The molecule has 7 heteroatoms. The lowest BCUT2D eigenvalue weighted by Crippen LogP contribution is -2.15. The number of rotatable bonds is 4. The Labute approximate surface area is 133 Å². The van der Waals surface area contributed by atoms with Crippen LogP contribution in [-0.4, -0.2) is 13.5 Å². The molecule has 0 amide bonds. The molecule has 0 radical (unpaired) electrons. The molecular formula is C14H13Cl2NO3S. The van der Waals surface area contributed by atoms with E-state index in [1.165, 1.54) is 6.07 Å². The van der Waals surface area contributed by atoms with Crippen LogP contribution in [-0.2, 0) is 16.6 Å². The first kappa shape index (κ1) is 16.1. The Balaban J connectivity index is 2.49. The lowest BCUT2D eigenvalue weighted by atomic mass is 10.1. The van der Waals surface area contributed by atoms with E-state index in [1.807, 2.05) is 0 Å². The van der Waals surface area contributed by atoms with E-state index in [1.54, 1.807) is 37.3 Å². The molecule has 2 rings (SSSR count). The van der Waals surface area contributed by atoms with Gasteiger partial charge < -0.3 is 5.11 Å². The largest absolute Gasteiger partial charge is 0.392 e. The van der Waals surface area contributed by atoms with Crippen molar-refractivity contribution in [3.05, 3.63) is 57.6 Å². The van der Waals surface area contributed by atoms with E-state index in [0.717, 1.165) is 0 Å². The molecule has 0 aliphatic carbocycles. The van der Waals surface area contributed by atoms with Crippen molar-refractivity contribution in [3.8, 4) is 0 Å². The molecule has 0 atom stereocenters. The summed E-state index contributed by atoms with van der Waals surface area (Å²) in [6.07, 6.45) is 0. The summed E-state index contributed by atoms with van der Waals surface area (Å²) in [7, 11) is -3.85. The summed E-state index contributed by atoms with van der Waals surface area (Å²) in [6.45, 7) is 1.40. The zero-order valence-corrected chi connectivity index (χ0v) is 13.4. The van der Waals surface area contributed by atoms with E-state index >= 15 is 0 Å². The molecular weight excluding hydrogens is 333 g/mol. The lowest BCUT2D eigenvalue weighted by Gasteiger charge is -2.14. The summed E-state index contributed by atoms with van der Waals surface area (Å²) in [6, 6.07) is 9.41. The first-order valence-electron chi connectivity index (χ1n) is 6.03. The summed E-state index contributed by atoms with van der Waals surface area (Å²) in [5.74, 6) is 0. The zero-order valence-electron chi connectivity index (χ0n) is 11.1. The standard InChI is InChI=1S/C14H13Cl2NO3S/c1-9-10(8-18)4-2-7-13(9)21(19,20)17-14-11(15)5-3-6-12(14)16/h2-7,17-18H,8H2,1H3. The van der Waals surface area contributed by atoms with Gasteiger partial charge in [0, 0.05) is 0 Å². The topological polar surface area (TPSA) is 66.4 Å². The molecule has 0 saturated carbocycles. The van der Waals surface area contributed by atoms with E-state index in [4.69, 9.17) is 23.2 Å². The van der Waals surface area contributed by atoms with Crippen LogP contribution in [0.2, 0.25) is 10.0 Å². The van der Waals surface area contributed by atoms with Crippen molar-refractivity contribution in [2.24, 2.45) is 0 Å². The number of halogens is 2. The van der Waals surface area contributed by atoms with Gasteiger partial charge in [0.05, 0.1) is 27.2 Å². The highest BCUT2D eigenvalue weighted by Gasteiger charge is 2.20. The van der Waals surface area contributed by atoms with Crippen molar-refractivity contribution in [1.82, 2.24) is 0 Å². The first-order valence-corrected chi connectivity index (χ1v) is 8.27. The highest BCUT2D eigenvalue weighted by molar-refractivity contribution is 7.92. The number of para-hydroxylation sites is 1. The molecule has 2 aromatic rings. The number of hydrogen-bond donors (Lipinski definition) is 2. The van der Waals surface area contributed by atoms with Crippen molar-refractivity contribution >= 4 is 38.9 Å². The van der Waals surface area contributed by atoms with Crippen molar-refractivity contribution in [3.63, 3.8) is 0 Å². The van der Waals surface area contributed by atoms with Crippen molar-refractivity contribution in [1.29, 1.82) is 0 Å². The number of hydrogen-bond acceptors (Lipinski definition) is 3. The van der Waals surface area contributed by atoms with Crippen LogP contribution in [0.4, 0.5) is 5.69 Å². The van der Waals surface area contributed by atoms with Gasteiger partial charge >= 0.3 is 0 Å². The van der Waals surface area contributed by atoms with Crippen LogP contribution in [0.5, 0.6) is 0 Å². The maximum absolute atomic E-state index is 12.5. The molecule has 2 N–H and O–H groups in total. The maximum Gasteiger partial charge on any atom is 0.262 e. The highest BCUT2D eigenvalue weighted by atomic mass is 35.5. The fraction of sp³-hybridized carbons (Fsp3) is 0.143. The normalized spacial score (nSPS) is 11.4. The minimum Gasteiger partial charge on any atom is -0.392 e. The second-order valence-corrected chi connectivity index (χ2v) is 6.87. The zero-order chi connectivity index (χ0) is 15.6. The summed E-state index contributed by atoms with van der Waals surface area (Å²) >= 11 is 11.9. The summed E-state index contributed by atoms with van der Waals surface area (Å²) in [4.78, 5) is 0.0741. The Bertz CT molecular complexity index is 756. The van der Waals surface area contributed by atoms with E-state index in [2.05, 4.69) is 4.72 Å². The first-order chi connectivity index (χ1) is 9.86. The third-order valence-corrected chi connectivity index (χ3v) is 5.18. The average Bonchev–Trinajstić information content (AvgIpc) is 2.43. The van der Waals surface area contributed by atoms with Crippen molar-refractivity contribution in [2.45, 2.75) is 18.4 Å². The van der Waals surface area contributed by atoms with Crippen LogP contribution in [0.3, 0.4) is 0 Å². The van der Waals surface area contributed by atoms with Crippen LogP contribution in [0.1, 0.15) is 11.1 Å². The SMILES string of the molecule is Cc1c(CO)cccc1S(=O)(=O)Nc1c(Cl)cccc1Cl. The fourth-order valence-electron chi connectivity index (χ4n) is 1.91. The van der Waals surface area contributed by atoms with Gasteiger partial charge in [-0.2, -0.15) is 0 Å². The van der Waals surface area contributed by atoms with Gasteiger partial charge in [-0.05, 0) is 36.2 Å². The number of benzene rings is 2. The molecule has 0 saturated heterocycles. The van der Waals surface area contributed by atoms with Gasteiger partial charge in [-0.1, -0.05) is 41.4 Å². The van der Waals surface area contributed by atoms with Crippen molar-refractivity contribution in [2.75, 3.05) is 4.72 Å². The third-order valence-electron chi connectivity index (χ3n) is 3.06. The van der Waals surface area contributed by atoms with E-state index in [9.17, 15) is 13.5 Å². The van der Waals surface area contributed by atoms with E-state index in [0.29, 0.717) is 11.1 Å². The predicted molar refractivity (Wildman–Crippen MR) is 84.4 cm³/mol. The Morgan fingerprint density at radius 2 is 1.67 bits per heavy atom. The average molecular weight is 346 g/mol. The van der Waals surface area contributed by atoms with Gasteiger partial charge in [0.1, 0.15) is 0 Å². The van der Waals surface area contributed by atoms with Gasteiger partial charge in [0.2, 0.25) is 0 Å². The lowest BCUT2D eigenvalue weighted by molar-refractivity contribution is 0.280. The molecule has 0 spiro atoms. The van der Waals surface area contributed by atoms with Crippen molar-refractivity contribution < 1.29 is 13.5 Å². The number of aliphatic hydroxyl groups is 1. The molecule has 21 heavy (non-hydrogen) atoms. The minimum atomic E-state index is -3.85. The van der Waals surface area contributed by atoms with Crippen LogP contribution in [0.15, 0.2) is 41.3 Å². The van der Waals surface area contributed by atoms with E-state index < -0.39 is 10.0 Å². The third kappa shape index (κ3) is 3.32. The quantitative estimate of drug-likeness (QED) is 0.889. The second kappa shape index (κ2) is 6.23. The number of aliphatic hydroxyl groups excluding tert-OH is 1. The smallest absolute Gasteiger partial charge is 0.262 e. The highest BCUT2D eigenvalue weighted by Crippen LogP contribution is 2.32. The minimum absolute atomic E-state index is 0.0741. The Kier molecular flexibility index (Phi) is 4.78. The van der Waals surface area contributed by atoms with Crippen LogP contribution < -0.4 is 4.72 Å². The number of anilines is 1. The monoisotopic (exact) mass is 345 g/mol. The predicted octanol–water partition coefficient (Wildman–Crippen LogP) is 3.59. The molecule has 0 bridgehead atoms. The second-order valence-electron chi connectivity index (χ2n) is 4.40. The molecule has 0 unspecified atom stereocenters. The molecule has 0 aromatic heterocycles. The Morgan fingerprint density at radius 3 is 2.24 bits per heavy atom. The molecule has 0 heterocycles. The van der Waals surface area contributed by atoms with Gasteiger partial charge in [0.25, 0.3) is 10.0 Å².